The highest BCUT2D eigenvalue weighted by atomic mass is 16.2. The molecule has 0 atom stereocenters. The number of nitrogens with one attached hydrogen (secondary N) is 2. The Labute approximate surface area is 183 Å². The normalized spacial score (nSPS) is 14.0. The van der Waals surface area contributed by atoms with E-state index in [2.05, 4.69) is 29.5 Å². The third-order valence-electron chi connectivity index (χ3n) is 5.74. The highest BCUT2D eigenvalue weighted by molar-refractivity contribution is 5.99. The molecule has 0 radical (unpaired) electrons. The maximum atomic E-state index is 13.0. The first-order chi connectivity index (χ1) is 15.0. The van der Waals surface area contributed by atoms with Gasteiger partial charge in [-0.15, -0.1) is 0 Å². The van der Waals surface area contributed by atoms with Crippen LogP contribution in [0, 0.1) is 5.92 Å². The standard InChI is InChI=1S/C24H32N4O3/c1-17(2)7-13-26-23(30)20-15-28(19-5-3-4-6-19)16-21(22(20)29)24(31)27-14-10-18-8-11-25-12-9-18/h8-9,11-12,15-17,19H,3-7,10,13-14H2,1-2H3,(H,26,30)(H,27,31). The molecule has 0 bridgehead atoms. The van der Waals surface area contributed by atoms with Crippen molar-refractivity contribution in [1.82, 2.24) is 20.2 Å². The van der Waals surface area contributed by atoms with Crippen LogP contribution in [0.1, 0.15) is 78.3 Å². The van der Waals surface area contributed by atoms with E-state index >= 15 is 0 Å². The quantitative estimate of drug-likeness (QED) is 0.647. The predicted molar refractivity (Wildman–Crippen MR) is 120 cm³/mol. The molecular formula is C24H32N4O3. The lowest BCUT2D eigenvalue weighted by atomic mass is 10.1. The SMILES string of the molecule is CC(C)CCNC(=O)c1cn(C2CCCC2)cc(C(=O)NCCc2ccncc2)c1=O. The Morgan fingerprint density at radius 1 is 1.03 bits per heavy atom. The fraction of sp³-hybridized carbons (Fsp3) is 0.500. The van der Waals surface area contributed by atoms with Gasteiger partial charge in [0.15, 0.2) is 0 Å². The number of aromatic nitrogens is 2. The van der Waals surface area contributed by atoms with Crippen molar-refractivity contribution in [3.8, 4) is 0 Å². The predicted octanol–water partition coefficient (Wildman–Crippen LogP) is 3.11. The lowest BCUT2D eigenvalue weighted by Crippen LogP contribution is -2.36. The van der Waals surface area contributed by atoms with Crippen molar-refractivity contribution in [3.05, 3.63) is 63.8 Å². The van der Waals surface area contributed by atoms with Gasteiger partial charge in [-0.25, -0.2) is 0 Å². The van der Waals surface area contributed by atoms with Crippen molar-refractivity contribution < 1.29 is 9.59 Å². The zero-order valence-electron chi connectivity index (χ0n) is 18.4. The highest BCUT2D eigenvalue weighted by Gasteiger charge is 2.23. The second-order valence-corrected chi connectivity index (χ2v) is 8.60. The molecule has 2 aromatic heterocycles. The maximum Gasteiger partial charge on any atom is 0.256 e. The average molecular weight is 425 g/mol. The van der Waals surface area contributed by atoms with E-state index in [4.69, 9.17) is 0 Å². The summed E-state index contributed by atoms with van der Waals surface area (Å²) in [5, 5.41) is 5.66. The van der Waals surface area contributed by atoms with E-state index in [1.54, 1.807) is 24.8 Å². The molecule has 0 unspecified atom stereocenters. The highest BCUT2D eigenvalue weighted by Crippen LogP contribution is 2.29. The van der Waals surface area contributed by atoms with E-state index in [9.17, 15) is 14.4 Å². The molecule has 0 spiro atoms. The molecule has 2 N–H and O–H groups in total. The summed E-state index contributed by atoms with van der Waals surface area (Å²) in [5.41, 5.74) is 0.602. The minimum Gasteiger partial charge on any atom is -0.352 e. The van der Waals surface area contributed by atoms with Crippen LogP contribution in [0.3, 0.4) is 0 Å². The number of carbonyl (C=O) groups excluding carboxylic acids is 2. The van der Waals surface area contributed by atoms with Gasteiger partial charge in [-0.2, -0.15) is 0 Å². The molecule has 7 nitrogen and oxygen atoms in total. The van der Waals surface area contributed by atoms with E-state index < -0.39 is 17.2 Å². The fourth-order valence-corrected chi connectivity index (χ4v) is 3.87. The lowest BCUT2D eigenvalue weighted by molar-refractivity contribution is 0.0949. The maximum absolute atomic E-state index is 13.0. The van der Waals surface area contributed by atoms with Crippen LogP contribution >= 0.6 is 0 Å². The molecule has 1 saturated carbocycles. The number of hydrogen-bond acceptors (Lipinski definition) is 4. The summed E-state index contributed by atoms with van der Waals surface area (Å²) in [4.78, 5) is 42.5. The van der Waals surface area contributed by atoms with Crippen LogP contribution in [0.25, 0.3) is 0 Å². The summed E-state index contributed by atoms with van der Waals surface area (Å²) in [7, 11) is 0. The third-order valence-corrected chi connectivity index (χ3v) is 5.74. The van der Waals surface area contributed by atoms with E-state index in [0.717, 1.165) is 37.7 Å². The van der Waals surface area contributed by atoms with E-state index in [0.29, 0.717) is 25.4 Å². The van der Waals surface area contributed by atoms with Crippen molar-refractivity contribution in [3.63, 3.8) is 0 Å². The Morgan fingerprint density at radius 3 is 2.19 bits per heavy atom. The summed E-state index contributed by atoms with van der Waals surface area (Å²) >= 11 is 0. The summed E-state index contributed by atoms with van der Waals surface area (Å²) in [6, 6.07) is 3.99. The molecule has 3 rings (SSSR count). The molecule has 31 heavy (non-hydrogen) atoms. The molecule has 2 heterocycles. The van der Waals surface area contributed by atoms with Gasteiger partial charge in [0, 0.05) is 43.9 Å². The van der Waals surface area contributed by atoms with Gasteiger partial charge < -0.3 is 15.2 Å². The molecule has 1 aliphatic rings. The molecule has 1 fully saturated rings. The molecular weight excluding hydrogens is 392 g/mol. The zero-order chi connectivity index (χ0) is 22.2. The Morgan fingerprint density at radius 2 is 1.61 bits per heavy atom. The van der Waals surface area contributed by atoms with Gasteiger partial charge in [0.1, 0.15) is 11.1 Å². The van der Waals surface area contributed by atoms with Crippen LogP contribution in [-0.4, -0.2) is 34.5 Å². The molecule has 2 aromatic rings. The van der Waals surface area contributed by atoms with Gasteiger partial charge in [-0.1, -0.05) is 26.7 Å². The first-order valence-electron chi connectivity index (χ1n) is 11.2. The Kier molecular flexibility index (Phi) is 7.98. The first-order valence-corrected chi connectivity index (χ1v) is 11.2. The van der Waals surface area contributed by atoms with Crippen LogP contribution < -0.4 is 16.1 Å². The van der Waals surface area contributed by atoms with Crippen molar-refractivity contribution in [1.29, 1.82) is 0 Å². The summed E-state index contributed by atoms with van der Waals surface area (Å²) < 4.78 is 1.89. The van der Waals surface area contributed by atoms with Gasteiger partial charge in [-0.3, -0.25) is 19.4 Å². The Hall–Kier alpha value is -2.96. The minimum absolute atomic E-state index is 0.0261. The van der Waals surface area contributed by atoms with Gasteiger partial charge in [0.05, 0.1) is 0 Å². The molecule has 0 aliphatic heterocycles. The largest absolute Gasteiger partial charge is 0.352 e. The van der Waals surface area contributed by atoms with Crippen LogP contribution in [-0.2, 0) is 6.42 Å². The second-order valence-electron chi connectivity index (χ2n) is 8.60. The molecule has 2 amide bonds. The monoisotopic (exact) mass is 424 g/mol. The van der Waals surface area contributed by atoms with E-state index in [-0.39, 0.29) is 17.2 Å². The number of amides is 2. The van der Waals surface area contributed by atoms with Gasteiger partial charge >= 0.3 is 0 Å². The minimum atomic E-state index is -0.516. The van der Waals surface area contributed by atoms with Gasteiger partial charge in [-0.05, 0) is 49.3 Å². The fourth-order valence-electron chi connectivity index (χ4n) is 3.87. The van der Waals surface area contributed by atoms with Crippen molar-refractivity contribution in [2.45, 2.75) is 58.4 Å². The molecule has 166 valence electrons. The van der Waals surface area contributed by atoms with E-state index in [1.807, 2.05) is 16.7 Å². The van der Waals surface area contributed by atoms with Crippen LogP contribution in [0.2, 0.25) is 0 Å². The Bertz CT molecular complexity index is 947. The number of hydrogen-bond donors (Lipinski definition) is 2. The number of carbonyl (C=O) groups is 2. The first kappa shape index (κ1) is 22.7. The van der Waals surface area contributed by atoms with Crippen molar-refractivity contribution in [2.75, 3.05) is 13.1 Å². The van der Waals surface area contributed by atoms with E-state index in [1.165, 1.54) is 0 Å². The summed E-state index contributed by atoms with van der Waals surface area (Å²) in [5.74, 6) is -0.403. The zero-order valence-corrected chi connectivity index (χ0v) is 18.4. The van der Waals surface area contributed by atoms with Crippen LogP contribution in [0.15, 0.2) is 41.7 Å². The summed E-state index contributed by atoms with van der Waals surface area (Å²) in [6.45, 7) is 5.06. The van der Waals surface area contributed by atoms with Gasteiger partial charge in [0.2, 0.25) is 5.43 Å². The van der Waals surface area contributed by atoms with Crippen LogP contribution in [0.5, 0.6) is 0 Å². The number of nitrogens with zero attached hydrogens (tertiary/aromatic N) is 2. The average Bonchev–Trinajstić information content (AvgIpc) is 3.29. The Balaban J connectivity index is 1.78. The molecule has 0 aromatic carbocycles. The molecule has 0 saturated heterocycles. The topological polar surface area (TPSA) is 93.1 Å². The number of pyridine rings is 2. The summed E-state index contributed by atoms with van der Waals surface area (Å²) in [6.07, 6.45) is 12.3. The number of rotatable bonds is 9. The van der Waals surface area contributed by atoms with Gasteiger partial charge in [0.25, 0.3) is 11.8 Å². The van der Waals surface area contributed by atoms with Crippen molar-refractivity contribution >= 4 is 11.8 Å². The van der Waals surface area contributed by atoms with Crippen molar-refractivity contribution in [2.24, 2.45) is 5.92 Å². The van der Waals surface area contributed by atoms with Crippen LogP contribution in [0.4, 0.5) is 0 Å². The second kappa shape index (κ2) is 10.9. The molecule has 7 heteroatoms. The smallest absolute Gasteiger partial charge is 0.256 e. The molecule has 1 aliphatic carbocycles. The lowest BCUT2D eigenvalue weighted by Gasteiger charge is -2.17. The third kappa shape index (κ3) is 6.26.